The molecule has 0 spiro atoms. The van der Waals surface area contributed by atoms with Gasteiger partial charge in [-0.1, -0.05) is 13.8 Å². The first-order chi connectivity index (χ1) is 5.46. The molecule has 1 saturated carbocycles. The standard InChI is InChI=1S/C8H13Cl3O/c1-3-5(9)4(2)8(12)7(11)6(3)10/h3-8,12H,1-2H3. The van der Waals surface area contributed by atoms with E-state index in [0.717, 1.165) is 0 Å². The van der Waals surface area contributed by atoms with Crippen molar-refractivity contribution >= 4 is 34.8 Å². The third-order valence-corrected chi connectivity index (χ3v) is 4.80. The highest BCUT2D eigenvalue weighted by Crippen LogP contribution is 2.38. The van der Waals surface area contributed by atoms with Crippen LogP contribution in [0.15, 0.2) is 0 Å². The fourth-order valence-corrected chi connectivity index (χ4v) is 2.76. The van der Waals surface area contributed by atoms with Crippen LogP contribution < -0.4 is 0 Å². The summed E-state index contributed by atoms with van der Waals surface area (Å²) >= 11 is 18.0. The lowest BCUT2D eigenvalue weighted by atomic mass is 9.80. The summed E-state index contributed by atoms with van der Waals surface area (Å²) in [7, 11) is 0. The van der Waals surface area contributed by atoms with Gasteiger partial charge in [-0.3, -0.25) is 0 Å². The maximum Gasteiger partial charge on any atom is 0.0764 e. The Kier molecular flexibility index (Phi) is 3.56. The average molecular weight is 232 g/mol. The Morgan fingerprint density at radius 1 is 0.833 bits per heavy atom. The number of hydrogen-bond donors (Lipinski definition) is 1. The van der Waals surface area contributed by atoms with Gasteiger partial charge in [0.1, 0.15) is 0 Å². The number of halogens is 3. The van der Waals surface area contributed by atoms with Crippen molar-refractivity contribution in [3.8, 4) is 0 Å². The summed E-state index contributed by atoms with van der Waals surface area (Å²) in [5.74, 6) is 0.161. The topological polar surface area (TPSA) is 20.2 Å². The van der Waals surface area contributed by atoms with Gasteiger partial charge in [-0.2, -0.15) is 0 Å². The highest BCUT2D eigenvalue weighted by Gasteiger charge is 2.44. The molecular formula is C8H13Cl3O. The van der Waals surface area contributed by atoms with Gasteiger partial charge in [-0.05, 0) is 5.92 Å². The Bertz CT molecular complexity index is 106. The molecule has 0 amide bonds. The maximum absolute atomic E-state index is 9.60. The lowest BCUT2D eigenvalue weighted by molar-refractivity contribution is 0.0707. The quantitative estimate of drug-likeness (QED) is 0.635. The molecule has 72 valence electrons. The summed E-state index contributed by atoms with van der Waals surface area (Å²) in [5, 5.41) is 8.90. The van der Waals surface area contributed by atoms with Crippen LogP contribution in [0.2, 0.25) is 0 Å². The van der Waals surface area contributed by atoms with Gasteiger partial charge in [0.15, 0.2) is 0 Å². The molecule has 1 aliphatic rings. The first-order valence-corrected chi connectivity index (χ1v) is 5.38. The molecule has 0 bridgehead atoms. The van der Waals surface area contributed by atoms with E-state index in [0.29, 0.717) is 0 Å². The molecule has 0 radical (unpaired) electrons. The van der Waals surface area contributed by atoms with E-state index in [1.54, 1.807) is 0 Å². The van der Waals surface area contributed by atoms with Crippen molar-refractivity contribution in [2.45, 2.75) is 36.1 Å². The third-order valence-electron chi connectivity index (χ3n) is 2.68. The Morgan fingerprint density at radius 2 is 1.33 bits per heavy atom. The zero-order valence-electron chi connectivity index (χ0n) is 7.05. The molecule has 1 aliphatic carbocycles. The fraction of sp³-hybridized carbons (Fsp3) is 1.00. The number of aliphatic hydroxyl groups excluding tert-OH is 1. The van der Waals surface area contributed by atoms with Crippen LogP contribution in [0.1, 0.15) is 13.8 Å². The molecule has 12 heavy (non-hydrogen) atoms. The summed E-state index contributed by atoms with van der Waals surface area (Å²) in [6.07, 6.45) is -0.590. The van der Waals surface area contributed by atoms with Gasteiger partial charge in [0.2, 0.25) is 0 Å². The molecule has 4 heteroatoms. The van der Waals surface area contributed by atoms with E-state index in [2.05, 4.69) is 0 Å². The average Bonchev–Trinajstić information content (AvgIpc) is 2.08. The van der Waals surface area contributed by atoms with Gasteiger partial charge in [0.25, 0.3) is 0 Å². The Labute approximate surface area is 88.0 Å². The van der Waals surface area contributed by atoms with Crippen LogP contribution in [0.5, 0.6) is 0 Å². The van der Waals surface area contributed by atoms with E-state index in [1.165, 1.54) is 0 Å². The van der Waals surface area contributed by atoms with Crippen molar-refractivity contribution in [1.29, 1.82) is 0 Å². The first-order valence-electron chi connectivity index (χ1n) is 4.07. The van der Waals surface area contributed by atoms with E-state index in [9.17, 15) is 5.11 Å². The molecule has 0 saturated heterocycles. The largest absolute Gasteiger partial charge is 0.391 e. The molecule has 0 aromatic rings. The predicted octanol–water partition coefficient (Wildman–Crippen LogP) is 2.46. The summed E-state index contributed by atoms with van der Waals surface area (Å²) in [4.78, 5) is 0. The molecule has 0 aliphatic heterocycles. The summed E-state index contributed by atoms with van der Waals surface area (Å²) in [6.45, 7) is 3.87. The third kappa shape index (κ3) is 1.70. The van der Waals surface area contributed by atoms with Gasteiger partial charge >= 0.3 is 0 Å². The molecule has 0 aromatic heterocycles. The first kappa shape index (κ1) is 10.9. The van der Waals surface area contributed by atoms with Gasteiger partial charge in [0.05, 0.1) is 16.9 Å². The zero-order valence-corrected chi connectivity index (χ0v) is 9.31. The van der Waals surface area contributed by atoms with Crippen molar-refractivity contribution in [2.75, 3.05) is 0 Å². The second kappa shape index (κ2) is 3.91. The molecule has 0 aromatic carbocycles. The highest BCUT2D eigenvalue weighted by molar-refractivity contribution is 6.31. The van der Waals surface area contributed by atoms with Gasteiger partial charge in [-0.15, -0.1) is 34.8 Å². The minimum Gasteiger partial charge on any atom is -0.391 e. The van der Waals surface area contributed by atoms with Crippen LogP contribution in [-0.2, 0) is 0 Å². The lowest BCUT2D eigenvalue weighted by Gasteiger charge is -2.40. The second-order valence-corrected chi connectivity index (χ2v) is 5.05. The molecule has 1 fully saturated rings. The Morgan fingerprint density at radius 3 is 1.83 bits per heavy atom. The van der Waals surface area contributed by atoms with E-state index in [4.69, 9.17) is 34.8 Å². The molecule has 6 unspecified atom stereocenters. The maximum atomic E-state index is 9.60. The van der Waals surface area contributed by atoms with Crippen LogP contribution in [0, 0.1) is 11.8 Å². The number of aliphatic hydroxyl groups is 1. The fourth-order valence-electron chi connectivity index (χ4n) is 1.61. The molecule has 6 atom stereocenters. The van der Waals surface area contributed by atoms with E-state index < -0.39 is 6.10 Å². The monoisotopic (exact) mass is 230 g/mol. The van der Waals surface area contributed by atoms with E-state index >= 15 is 0 Å². The van der Waals surface area contributed by atoms with Crippen molar-refractivity contribution in [3.63, 3.8) is 0 Å². The number of alkyl halides is 3. The van der Waals surface area contributed by atoms with Gasteiger partial charge < -0.3 is 5.11 Å². The van der Waals surface area contributed by atoms with Crippen LogP contribution in [0.3, 0.4) is 0 Å². The number of hydrogen-bond acceptors (Lipinski definition) is 1. The van der Waals surface area contributed by atoms with Crippen LogP contribution >= 0.6 is 34.8 Å². The summed E-state index contributed by atoms with van der Waals surface area (Å²) < 4.78 is 0. The SMILES string of the molecule is CC1C(O)C(Cl)C(Cl)C(C)C1Cl. The highest BCUT2D eigenvalue weighted by atomic mass is 35.5. The van der Waals surface area contributed by atoms with E-state index in [-0.39, 0.29) is 28.0 Å². The molecule has 1 rings (SSSR count). The van der Waals surface area contributed by atoms with Crippen molar-refractivity contribution in [2.24, 2.45) is 11.8 Å². The van der Waals surface area contributed by atoms with Crippen molar-refractivity contribution < 1.29 is 5.11 Å². The second-order valence-electron chi connectivity index (χ2n) is 3.54. The Hall–Kier alpha value is 0.830. The lowest BCUT2D eigenvalue weighted by Crippen LogP contribution is -2.50. The van der Waals surface area contributed by atoms with Gasteiger partial charge in [0, 0.05) is 11.3 Å². The van der Waals surface area contributed by atoms with Crippen LogP contribution in [-0.4, -0.2) is 27.3 Å². The van der Waals surface area contributed by atoms with Crippen molar-refractivity contribution in [3.05, 3.63) is 0 Å². The summed E-state index contributed by atoms with van der Waals surface area (Å²) in [5.41, 5.74) is 0. The minimum absolute atomic E-state index is 0.0131. The smallest absolute Gasteiger partial charge is 0.0764 e. The van der Waals surface area contributed by atoms with Crippen LogP contribution in [0.4, 0.5) is 0 Å². The van der Waals surface area contributed by atoms with Gasteiger partial charge in [-0.25, -0.2) is 0 Å². The zero-order chi connectivity index (χ0) is 9.46. The van der Waals surface area contributed by atoms with Crippen LogP contribution in [0.25, 0.3) is 0 Å². The molecule has 1 nitrogen and oxygen atoms in total. The molecular weight excluding hydrogens is 218 g/mol. The normalized spacial score (nSPS) is 55.5. The summed E-state index contributed by atoms with van der Waals surface area (Å²) in [6, 6.07) is 0. The number of rotatable bonds is 0. The molecule has 1 N–H and O–H groups in total. The minimum atomic E-state index is -0.590. The Balaban J connectivity index is 2.76. The van der Waals surface area contributed by atoms with E-state index in [1.807, 2.05) is 13.8 Å². The predicted molar refractivity (Wildman–Crippen MR) is 53.3 cm³/mol. The van der Waals surface area contributed by atoms with Crippen molar-refractivity contribution in [1.82, 2.24) is 0 Å². The molecule has 0 heterocycles.